The highest BCUT2D eigenvalue weighted by Gasteiger charge is 2.13. The second kappa shape index (κ2) is 7.31. The van der Waals surface area contributed by atoms with Crippen LogP contribution in [-0.2, 0) is 13.1 Å². The summed E-state index contributed by atoms with van der Waals surface area (Å²) in [5.74, 6) is 6.79. The van der Waals surface area contributed by atoms with Gasteiger partial charge in [0, 0.05) is 39.1 Å². The van der Waals surface area contributed by atoms with Gasteiger partial charge in [0.15, 0.2) is 5.82 Å². The zero-order valence-electron chi connectivity index (χ0n) is 14.5. The van der Waals surface area contributed by atoms with E-state index in [0.29, 0.717) is 24.6 Å². The first-order chi connectivity index (χ1) is 13.1. The summed E-state index contributed by atoms with van der Waals surface area (Å²) < 4.78 is 2.83. The Morgan fingerprint density at radius 3 is 2.93 bits per heavy atom. The van der Waals surface area contributed by atoms with Gasteiger partial charge >= 0.3 is 0 Å². The molecule has 4 aromatic rings. The summed E-state index contributed by atoms with van der Waals surface area (Å²) in [6, 6.07) is 7.68. The van der Waals surface area contributed by atoms with Crippen molar-refractivity contribution >= 4 is 32.9 Å². The fourth-order valence-electron chi connectivity index (χ4n) is 2.83. The number of aliphatic hydroxyl groups excluding tert-OH is 1. The Labute approximate surface area is 159 Å². The number of aliphatic hydroxyl groups is 1. The van der Waals surface area contributed by atoms with Crippen molar-refractivity contribution in [2.45, 2.75) is 13.1 Å². The van der Waals surface area contributed by atoms with Crippen molar-refractivity contribution in [3.05, 3.63) is 53.9 Å². The Hall–Kier alpha value is -3.01. The van der Waals surface area contributed by atoms with Gasteiger partial charge < -0.3 is 10.8 Å². The van der Waals surface area contributed by atoms with E-state index in [1.54, 1.807) is 39.5 Å². The van der Waals surface area contributed by atoms with E-state index in [9.17, 15) is 0 Å². The SMILES string of the molecule is Nc1ccc(-c2cnn(CCO)c2)nc1N(N)Cc1cc2cnccc2s1. The first-order valence-electron chi connectivity index (χ1n) is 8.39. The van der Waals surface area contributed by atoms with Crippen molar-refractivity contribution < 1.29 is 5.11 Å². The standard InChI is InChI=1S/C18H19N7OS/c19-15-1-2-16(13-9-22-24(10-13)5-6-26)23-18(15)25(20)11-14-7-12-8-21-4-3-17(12)27-14/h1-4,7-10,26H,5-6,11,19-20H2. The fraction of sp³-hybridized carbons (Fsp3) is 0.167. The van der Waals surface area contributed by atoms with Gasteiger partial charge in [0.1, 0.15) is 0 Å². The van der Waals surface area contributed by atoms with E-state index in [-0.39, 0.29) is 6.61 Å². The van der Waals surface area contributed by atoms with Gasteiger partial charge in [-0.15, -0.1) is 11.3 Å². The van der Waals surface area contributed by atoms with Crippen molar-refractivity contribution in [2.75, 3.05) is 17.3 Å². The molecule has 0 amide bonds. The monoisotopic (exact) mass is 381 g/mol. The molecule has 0 saturated carbocycles. The molecule has 138 valence electrons. The second-order valence-electron chi connectivity index (χ2n) is 6.08. The molecule has 0 aliphatic carbocycles. The zero-order valence-corrected chi connectivity index (χ0v) is 15.3. The minimum Gasteiger partial charge on any atom is -0.396 e. The molecule has 27 heavy (non-hydrogen) atoms. The van der Waals surface area contributed by atoms with Crippen LogP contribution in [0.3, 0.4) is 0 Å². The Balaban J connectivity index is 1.59. The van der Waals surface area contributed by atoms with Crippen LogP contribution >= 0.6 is 11.3 Å². The van der Waals surface area contributed by atoms with Gasteiger partial charge in [-0.3, -0.25) is 14.7 Å². The molecule has 5 N–H and O–H groups in total. The van der Waals surface area contributed by atoms with Crippen LogP contribution in [0.25, 0.3) is 21.3 Å². The molecule has 4 heterocycles. The Morgan fingerprint density at radius 1 is 1.22 bits per heavy atom. The van der Waals surface area contributed by atoms with Crippen molar-refractivity contribution in [2.24, 2.45) is 5.84 Å². The van der Waals surface area contributed by atoms with Gasteiger partial charge in [0.2, 0.25) is 0 Å². The fourth-order valence-corrected chi connectivity index (χ4v) is 3.86. The molecule has 0 bridgehead atoms. The first kappa shape index (κ1) is 17.4. The number of hydrazine groups is 1. The summed E-state index contributed by atoms with van der Waals surface area (Å²) >= 11 is 1.67. The van der Waals surface area contributed by atoms with Crippen molar-refractivity contribution in [3.8, 4) is 11.3 Å². The molecule has 0 aliphatic heterocycles. The van der Waals surface area contributed by atoms with Crippen LogP contribution < -0.4 is 16.6 Å². The van der Waals surface area contributed by atoms with Crippen LogP contribution in [0.4, 0.5) is 11.5 Å². The Kier molecular flexibility index (Phi) is 4.71. The normalized spacial score (nSPS) is 11.2. The van der Waals surface area contributed by atoms with Gasteiger partial charge in [-0.2, -0.15) is 5.10 Å². The number of hydrogen-bond donors (Lipinski definition) is 3. The lowest BCUT2D eigenvalue weighted by molar-refractivity contribution is 0.269. The molecular weight excluding hydrogens is 362 g/mol. The molecule has 0 spiro atoms. The number of nitrogens with two attached hydrogens (primary N) is 2. The number of aromatic nitrogens is 4. The van der Waals surface area contributed by atoms with Crippen LogP contribution in [-0.4, -0.2) is 31.5 Å². The minimum absolute atomic E-state index is 0.0306. The van der Waals surface area contributed by atoms with E-state index in [0.717, 1.165) is 21.5 Å². The van der Waals surface area contributed by atoms with Crippen LogP contribution in [0.5, 0.6) is 0 Å². The maximum Gasteiger partial charge on any atom is 0.166 e. The lowest BCUT2D eigenvalue weighted by atomic mass is 10.2. The summed E-state index contributed by atoms with van der Waals surface area (Å²) in [6.45, 7) is 0.957. The largest absolute Gasteiger partial charge is 0.396 e. The summed E-state index contributed by atoms with van der Waals surface area (Å²) in [7, 11) is 0. The van der Waals surface area contributed by atoms with E-state index < -0.39 is 0 Å². The molecule has 0 aromatic carbocycles. The minimum atomic E-state index is 0.0306. The molecular formula is C18H19N7OS. The van der Waals surface area contributed by atoms with Crippen molar-refractivity contribution in [1.29, 1.82) is 0 Å². The van der Waals surface area contributed by atoms with E-state index in [1.807, 2.05) is 24.5 Å². The number of thiophene rings is 1. The lowest BCUT2D eigenvalue weighted by Crippen LogP contribution is -2.31. The van der Waals surface area contributed by atoms with Crippen LogP contribution in [0, 0.1) is 0 Å². The summed E-state index contributed by atoms with van der Waals surface area (Å²) in [6.07, 6.45) is 7.16. The molecule has 0 aliphatic rings. The summed E-state index contributed by atoms with van der Waals surface area (Å²) in [5, 5.41) is 15.9. The van der Waals surface area contributed by atoms with E-state index in [1.165, 1.54) is 4.70 Å². The highest BCUT2D eigenvalue weighted by Crippen LogP contribution is 2.29. The smallest absolute Gasteiger partial charge is 0.166 e. The third kappa shape index (κ3) is 3.61. The van der Waals surface area contributed by atoms with Gasteiger partial charge in [-0.1, -0.05) is 0 Å². The Morgan fingerprint density at radius 2 is 2.11 bits per heavy atom. The lowest BCUT2D eigenvalue weighted by Gasteiger charge is -2.19. The van der Waals surface area contributed by atoms with E-state index in [4.69, 9.17) is 16.7 Å². The Bertz CT molecular complexity index is 1040. The molecule has 0 saturated heterocycles. The van der Waals surface area contributed by atoms with Crippen molar-refractivity contribution in [1.82, 2.24) is 19.7 Å². The number of anilines is 2. The molecule has 0 fully saturated rings. The average Bonchev–Trinajstić information content (AvgIpc) is 3.28. The van der Waals surface area contributed by atoms with E-state index >= 15 is 0 Å². The maximum atomic E-state index is 9.03. The first-order valence-corrected chi connectivity index (χ1v) is 9.20. The average molecular weight is 381 g/mol. The highest BCUT2D eigenvalue weighted by molar-refractivity contribution is 7.19. The second-order valence-corrected chi connectivity index (χ2v) is 7.25. The maximum absolute atomic E-state index is 9.03. The van der Waals surface area contributed by atoms with Crippen LogP contribution in [0.1, 0.15) is 4.88 Å². The number of pyridine rings is 2. The van der Waals surface area contributed by atoms with Gasteiger partial charge in [0.25, 0.3) is 0 Å². The van der Waals surface area contributed by atoms with Gasteiger partial charge in [-0.05, 0) is 24.3 Å². The summed E-state index contributed by atoms with van der Waals surface area (Å²) in [4.78, 5) is 9.86. The third-order valence-electron chi connectivity index (χ3n) is 4.13. The molecule has 4 rings (SSSR count). The molecule has 9 heteroatoms. The predicted octanol–water partition coefficient (Wildman–Crippen LogP) is 2.01. The summed E-state index contributed by atoms with van der Waals surface area (Å²) in [5.41, 5.74) is 8.17. The number of nitrogens with zero attached hydrogens (tertiary/aromatic N) is 5. The quantitative estimate of drug-likeness (QED) is 0.345. The molecule has 0 atom stereocenters. The molecule has 8 nitrogen and oxygen atoms in total. The third-order valence-corrected chi connectivity index (χ3v) is 5.23. The van der Waals surface area contributed by atoms with Crippen LogP contribution in [0.2, 0.25) is 0 Å². The van der Waals surface area contributed by atoms with Gasteiger partial charge in [-0.25, -0.2) is 10.8 Å². The highest BCUT2D eigenvalue weighted by atomic mass is 32.1. The number of hydrogen-bond acceptors (Lipinski definition) is 8. The topological polar surface area (TPSA) is 119 Å². The van der Waals surface area contributed by atoms with Crippen LogP contribution in [0.15, 0.2) is 49.1 Å². The number of fused-ring (bicyclic) bond motifs is 1. The van der Waals surface area contributed by atoms with E-state index in [2.05, 4.69) is 21.1 Å². The molecule has 0 unspecified atom stereocenters. The zero-order chi connectivity index (χ0) is 18.8. The number of rotatable bonds is 6. The predicted molar refractivity (Wildman–Crippen MR) is 107 cm³/mol. The van der Waals surface area contributed by atoms with Crippen molar-refractivity contribution in [3.63, 3.8) is 0 Å². The molecule has 4 aromatic heterocycles. The molecule has 0 radical (unpaired) electrons. The van der Waals surface area contributed by atoms with Gasteiger partial charge in [0.05, 0.1) is 37.3 Å². The number of nitrogen functional groups attached to an aromatic ring is 1.